The number of rotatable bonds is 6. The molecule has 0 spiro atoms. The smallest absolute Gasteiger partial charge is 0.132 e. The molecule has 1 unspecified atom stereocenters. The minimum absolute atomic E-state index is 0.434. The molecule has 0 aliphatic carbocycles. The van der Waals surface area contributed by atoms with Crippen molar-refractivity contribution < 1.29 is 0 Å². The molecule has 4 heteroatoms. The summed E-state index contributed by atoms with van der Waals surface area (Å²) in [6.45, 7) is 8.59. The average molecular weight is 236 g/mol. The van der Waals surface area contributed by atoms with Crippen LogP contribution in [0.4, 0.5) is 11.6 Å². The summed E-state index contributed by atoms with van der Waals surface area (Å²) < 4.78 is 0. The van der Waals surface area contributed by atoms with Gasteiger partial charge >= 0.3 is 0 Å². The van der Waals surface area contributed by atoms with Crippen molar-refractivity contribution in [2.24, 2.45) is 5.92 Å². The average Bonchev–Trinajstić information content (AvgIpc) is 2.29. The van der Waals surface area contributed by atoms with Crippen molar-refractivity contribution in [1.82, 2.24) is 9.97 Å². The molecular formula is C13H24N4. The molecule has 4 nitrogen and oxygen atoms in total. The van der Waals surface area contributed by atoms with E-state index in [1.54, 1.807) is 0 Å². The Kier molecular flexibility index (Phi) is 5.19. The van der Waals surface area contributed by atoms with Gasteiger partial charge in [-0.3, -0.25) is 0 Å². The zero-order valence-corrected chi connectivity index (χ0v) is 11.5. The van der Waals surface area contributed by atoms with Gasteiger partial charge in [-0.15, -0.1) is 0 Å². The Morgan fingerprint density at radius 1 is 1.18 bits per heavy atom. The van der Waals surface area contributed by atoms with E-state index in [0.29, 0.717) is 12.0 Å². The van der Waals surface area contributed by atoms with Crippen LogP contribution in [0.1, 0.15) is 39.4 Å². The minimum atomic E-state index is 0.434. The molecule has 1 rings (SSSR count). The Labute approximate surface area is 104 Å². The van der Waals surface area contributed by atoms with Crippen molar-refractivity contribution in [2.45, 2.75) is 46.6 Å². The number of anilines is 2. The van der Waals surface area contributed by atoms with Crippen molar-refractivity contribution in [3.8, 4) is 0 Å². The van der Waals surface area contributed by atoms with Crippen molar-refractivity contribution in [2.75, 3.05) is 17.7 Å². The van der Waals surface area contributed by atoms with Gasteiger partial charge in [0.2, 0.25) is 0 Å². The van der Waals surface area contributed by atoms with Crippen LogP contribution in [-0.2, 0) is 0 Å². The maximum Gasteiger partial charge on any atom is 0.132 e. The fraction of sp³-hybridized carbons (Fsp3) is 0.692. The molecule has 0 aliphatic rings. The van der Waals surface area contributed by atoms with Crippen LogP contribution in [-0.4, -0.2) is 23.1 Å². The highest BCUT2D eigenvalue weighted by Crippen LogP contribution is 2.18. The maximum absolute atomic E-state index is 4.41. The van der Waals surface area contributed by atoms with Crippen LogP contribution < -0.4 is 10.6 Å². The zero-order valence-electron chi connectivity index (χ0n) is 11.5. The largest absolute Gasteiger partial charge is 0.373 e. The third kappa shape index (κ3) is 3.88. The first-order valence-electron chi connectivity index (χ1n) is 6.40. The van der Waals surface area contributed by atoms with Gasteiger partial charge in [0.25, 0.3) is 0 Å². The first-order chi connectivity index (χ1) is 8.10. The molecular weight excluding hydrogens is 212 g/mol. The van der Waals surface area contributed by atoms with Gasteiger partial charge in [-0.25, -0.2) is 9.97 Å². The molecule has 1 aromatic rings. The number of nitrogens with one attached hydrogen (secondary N) is 2. The number of aromatic nitrogens is 2. The molecule has 0 aromatic carbocycles. The monoisotopic (exact) mass is 236 g/mol. The molecule has 17 heavy (non-hydrogen) atoms. The highest BCUT2D eigenvalue weighted by Gasteiger charge is 2.14. The van der Waals surface area contributed by atoms with E-state index in [1.165, 1.54) is 12.8 Å². The molecule has 0 fully saturated rings. The minimum Gasteiger partial charge on any atom is -0.373 e. The van der Waals surface area contributed by atoms with Gasteiger partial charge in [0.05, 0.1) is 0 Å². The van der Waals surface area contributed by atoms with Crippen LogP contribution in [0.5, 0.6) is 0 Å². The maximum atomic E-state index is 4.41. The summed E-state index contributed by atoms with van der Waals surface area (Å²) in [4.78, 5) is 8.69. The van der Waals surface area contributed by atoms with E-state index in [1.807, 2.05) is 20.0 Å². The molecule has 0 radical (unpaired) electrons. The standard InChI is InChI=1S/C13H24N4/c1-6-11(7-2)9(3)15-13-8-12(14-5)16-10(4)17-13/h8-9,11H,6-7H2,1-5H3,(H2,14,15,16,17). The second-order valence-electron chi connectivity index (χ2n) is 4.45. The summed E-state index contributed by atoms with van der Waals surface area (Å²) in [6.07, 6.45) is 2.38. The number of aryl methyl sites for hydroxylation is 1. The molecule has 1 heterocycles. The van der Waals surface area contributed by atoms with E-state index >= 15 is 0 Å². The summed E-state index contributed by atoms with van der Waals surface area (Å²) in [5.74, 6) is 3.23. The molecule has 1 aromatic heterocycles. The van der Waals surface area contributed by atoms with Crippen molar-refractivity contribution in [3.63, 3.8) is 0 Å². The van der Waals surface area contributed by atoms with Gasteiger partial charge in [0.15, 0.2) is 0 Å². The molecule has 2 N–H and O–H groups in total. The molecule has 0 bridgehead atoms. The van der Waals surface area contributed by atoms with E-state index in [-0.39, 0.29) is 0 Å². The number of nitrogens with zero attached hydrogens (tertiary/aromatic N) is 2. The quantitative estimate of drug-likeness (QED) is 0.797. The summed E-state index contributed by atoms with van der Waals surface area (Å²) in [6, 6.07) is 2.38. The van der Waals surface area contributed by atoms with E-state index in [0.717, 1.165) is 17.5 Å². The van der Waals surface area contributed by atoms with Crippen LogP contribution in [0.15, 0.2) is 6.07 Å². The van der Waals surface area contributed by atoms with Crippen molar-refractivity contribution >= 4 is 11.6 Å². The number of hydrogen-bond acceptors (Lipinski definition) is 4. The Bertz CT molecular complexity index is 347. The lowest BCUT2D eigenvalue weighted by molar-refractivity contribution is 0.437. The van der Waals surface area contributed by atoms with E-state index < -0.39 is 0 Å². The molecule has 0 saturated heterocycles. The van der Waals surface area contributed by atoms with Gasteiger partial charge < -0.3 is 10.6 Å². The lowest BCUT2D eigenvalue weighted by atomic mass is 9.95. The van der Waals surface area contributed by atoms with E-state index in [2.05, 4.69) is 41.4 Å². The molecule has 0 saturated carbocycles. The van der Waals surface area contributed by atoms with Gasteiger partial charge in [-0.2, -0.15) is 0 Å². The van der Waals surface area contributed by atoms with Crippen LogP contribution in [0.3, 0.4) is 0 Å². The Morgan fingerprint density at radius 2 is 1.76 bits per heavy atom. The van der Waals surface area contributed by atoms with Crippen LogP contribution in [0, 0.1) is 12.8 Å². The van der Waals surface area contributed by atoms with E-state index in [9.17, 15) is 0 Å². The highest BCUT2D eigenvalue weighted by molar-refractivity contribution is 5.47. The third-order valence-corrected chi connectivity index (χ3v) is 3.23. The second-order valence-corrected chi connectivity index (χ2v) is 4.45. The summed E-state index contributed by atoms with van der Waals surface area (Å²) >= 11 is 0. The van der Waals surface area contributed by atoms with E-state index in [4.69, 9.17) is 0 Å². The topological polar surface area (TPSA) is 49.8 Å². The first-order valence-corrected chi connectivity index (χ1v) is 6.40. The first kappa shape index (κ1) is 13.7. The third-order valence-electron chi connectivity index (χ3n) is 3.23. The Hall–Kier alpha value is -1.32. The van der Waals surface area contributed by atoms with Crippen molar-refractivity contribution in [3.05, 3.63) is 11.9 Å². The van der Waals surface area contributed by atoms with Crippen LogP contribution in [0.25, 0.3) is 0 Å². The fourth-order valence-corrected chi connectivity index (χ4v) is 2.12. The zero-order chi connectivity index (χ0) is 12.8. The van der Waals surface area contributed by atoms with Crippen LogP contribution >= 0.6 is 0 Å². The highest BCUT2D eigenvalue weighted by atomic mass is 15.1. The lowest BCUT2D eigenvalue weighted by Crippen LogP contribution is -2.25. The molecule has 0 amide bonds. The van der Waals surface area contributed by atoms with Crippen molar-refractivity contribution in [1.29, 1.82) is 0 Å². The fourth-order valence-electron chi connectivity index (χ4n) is 2.12. The predicted octanol–water partition coefficient (Wildman–Crippen LogP) is 3.06. The predicted molar refractivity (Wildman–Crippen MR) is 73.5 cm³/mol. The molecule has 1 atom stereocenters. The Balaban J connectivity index is 2.76. The van der Waals surface area contributed by atoms with Gasteiger partial charge in [0, 0.05) is 19.2 Å². The summed E-state index contributed by atoms with van der Waals surface area (Å²) in [7, 11) is 1.87. The van der Waals surface area contributed by atoms with Crippen LogP contribution in [0.2, 0.25) is 0 Å². The van der Waals surface area contributed by atoms with Gasteiger partial charge in [0.1, 0.15) is 17.5 Å². The summed E-state index contributed by atoms with van der Waals surface area (Å²) in [5.41, 5.74) is 0. The molecule has 0 aliphatic heterocycles. The second kappa shape index (κ2) is 6.42. The normalized spacial score (nSPS) is 12.6. The lowest BCUT2D eigenvalue weighted by Gasteiger charge is -2.23. The Morgan fingerprint density at radius 3 is 2.29 bits per heavy atom. The summed E-state index contributed by atoms with van der Waals surface area (Å²) in [5, 5.41) is 6.52. The van der Waals surface area contributed by atoms with Gasteiger partial charge in [-0.05, 0) is 19.8 Å². The van der Waals surface area contributed by atoms with Gasteiger partial charge in [-0.1, -0.05) is 26.7 Å². The SMILES string of the molecule is CCC(CC)C(C)Nc1cc(NC)nc(C)n1. The number of hydrogen-bond donors (Lipinski definition) is 2. The molecule has 96 valence electrons.